The van der Waals surface area contributed by atoms with Gasteiger partial charge in [-0.15, -0.1) is 0 Å². The summed E-state index contributed by atoms with van der Waals surface area (Å²) in [4.78, 5) is 26.0. The molecule has 7 heteroatoms. The Labute approximate surface area is 214 Å². The van der Waals surface area contributed by atoms with E-state index in [1.807, 2.05) is 4.90 Å². The second-order valence-corrected chi connectivity index (χ2v) is 12.7. The average molecular weight is 497 g/mol. The van der Waals surface area contributed by atoms with Crippen molar-refractivity contribution in [3.05, 3.63) is 34.4 Å². The second-order valence-electron chi connectivity index (χ2n) is 12.7. The van der Waals surface area contributed by atoms with Gasteiger partial charge < -0.3 is 24.5 Å². The standard InChI is InChI=1S/C29H40N2O5/c1-27-10-7-21(36-26(33)31-15-13-30-14-16-31)17-20(27)4-5-24-23(27)8-11-28(2)22(9-12-29(24,28)34)19-3-6-25(32)35-18-19/h18,20-24,30,34H,4-5,7-17H2,1-2H3/t20-,21+,22-,23+,24-,27+,28-,29+/m1/s1. The number of hydrogen-bond acceptors (Lipinski definition) is 6. The number of carbonyl (C=O) groups excluding carboxylic acids is 1. The number of fused-ring (bicyclic) bond motifs is 5. The highest BCUT2D eigenvalue weighted by atomic mass is 16.6. The van der Waals surface area contributed by atoms with Crippen molar-refractivity contribution in [2.75, 3.05) is 26.2 Å². The largest absolute Gasteiger partial charge is 0.446 e. The first-order valence-electron chi connectivity index (χ1n) is 14.1. The number of rotatable bonds is 2. The van der Waals surface area contributed by atoms with Crippen molar-refractivity contribution >= 4 is 6.09 Å². The lowest BCUT2D eigenvalue weighted by molar-refractivity contribution is -0.205. The van der Waals surface area contributed by atoms with Crippen molar-refractivity contribution in [3.63, 3.8) is 0 Å². The van der Waals surface area contributed by atoms with E-state index in [1.54, 1.807) is 0 Å². The van der Waals surface area contributed by atoms with Gasteiger partial charge in [0.1, 0.15) is 12.4 Å². The number of nitrogens with one attached hydrogen (secondary N) is 1. The van der Waals surface area contributed by atoms with Crippen LogP contribution in [0.3, 0.4) is 0 Å². The molecule has 0 unspecified atom stereocenters. The average Bonchev–Trinajstić information content (AvgIpc) is 3.16. The van der Waals surface area contributed by atoms with Crippen LogP contribution in [0.25, 0.3) is 0 Å². The first kappa shape index (κ1) is 24.3. The molecule has 4 aliphatic carbocycles. The topological polar surface area (TPSA) is 92.0 Å². The minimum Gasteiger partial charge on any atom is -0.446 e. The fourth-order valence-corrected chi connectivity index (χ4v) is 9.32. The van der Waals surface area contributed by atoms with Crippen LogP contribution in [0.15, 0.2) is 15.5 Å². The molecular formula is C29H40N2O5. The van der Waals surface area contributed by atoms with Crippen LogP contribution in [-0.4, -0.2) is 54.0 Å². The highest BCUT2D eigenvalue weighted by molar-refractivity contribution is 5.68. The van der Waals surface area contributed by atoms with Gasteiger partial charge in [0.15, 0.2) is 0 Å². The molecule has 1 aromatic heterocycles. The maximum Gasteiger partial charge on any atom is 0.410 e. The van der Waals surface area contributed by atoms with E-state index < -0.39 is 11.2 Å². The fraction of sp³-hybridized carbons (Fsp3) is 0.793. The first-order chi connectivity index (χ1) is 17.2. The molecule has 196 valence electrons. The third-order valence-corrected chi connectivity index (χ3v) is 11.4. The Morgan fingerprint density at radius 3 is 2.64 bits per heavy atom. The maximum atomic E-state index is 12.7. The molecule has 8 atom stereocenters. The second kappa shape index (κ2) is 8.77. The van der Waals surface area contributed by atoms with Gasteiger partial charge >= 0.3 is 11.7 Å². The van der Waals surface area contributed by atoms with Gasteiger partial charge in [-0.2, -0.15) is 0 Å². The zero-order valence-corrected chi connectivity index (χ0v) is 21.7. The number of aliphatic hydroxyl groups is 1. The summed E-state index contributed by atoms with van der Waals surface area (Å²) in [7, 11) is 0. The quantitative estimate of drug-likeness (QED) is 0.646. The van der Waals surface area contributed by atoms with Gasteiger partial charge in [-0.05, 0) is 81.0 Å². The lowest BCUT2D eigenvalue weighted by atomic mass is 9.43. The van der Waals surface area contributed by atoms with Crippen LogP contribution >= 0.6 is 0 Å². The molecule has 2 N–H and O–H groups in total. The molecule has 0 bridgehead atoms. The number of hydrogen-bond donors (Lipinski definition) is 2. The lowest BCUT2D eigenvalue weighted by Crippen LogP contribution is -2.62. The highest BCUT2D eigenvalue weighted by Gasteiger charge is 2.67. The van der Waals surface area contributed by atoms with Crippen molar-refractivity contribution in [1.29, 1.82) is 0 Å². The van der Waals surface area contributed by atoms with Crippen molar-refractivity contribution < 1.29 is 19.1 Å². The summed E-state index contributed by atoms with van der Waals surface area (Å²) in [6, 6.07) is 5.60. The Balaban J connectivity index is 1.17. The molecule has 5 aliphatic rings. The third-order valence-electron chi connectivity index (χ3n) is 11.4. The SMILES string of the molecule is C[C@]12CC[C@H](OC(=O)N3CCNCC3)C[C@H]1CC[C@@H]1[C@@H]2CC[C@]2(C)[C@@H](c3c#cc(=O)oc3)CC[C@]12O. The number of nitrogens with zero attached hydrogens (tertiary/aromatic N) is 1. The van der Waals surface area contributed by atoms with Crippen LogP contribution < -0.4 is 10.9 Å². The van der Waals surface area contributed by atoms with Gasteiger partial charge in [0.2, 0.25) is 0 Å². The molecule has 1 saturated heterocycles. The van der Waals surface area contributed by atoms with E-state index in [4.69, 9.17) is 9.15 Å². The summed E-state index contributed by atoms with van der Waals surface area (Å²) < 4.78 is 11.1. The van der Waals surface area contributed by atoms with Gasteiger partial charge in [-0.1, -0.05) is 19.9 Å². The molecule has 0 radical (unpaired) electrons. The summed E-state index contributed by atoms with van der Waals surface area (Å²) in [5.41, 5.74) is -0.420. The number of piperazine rings is 1. The fourth-order valence-electron chi connectivity index (χ4n) is 9.32. The normalized spacial score (nSPS) is 44.1. The number of carbonyl (C=O) groups is 1. The van der Waals surface area contributed by atoms with Crippen molar-refractivity contribution in [2.24, 2.45) is 28.6 Å². The van der Waals surface area contributed by atoms with Gasteiger partial charge in [0.25, 0.3) is 0 Å². The monoisotopic (exact) mass is 496 g/mol. The van der Waals surface area contributed by atoms with E-state index >= 15 is 0 Å². The zero-order chi connectivity index (χ0) is 25.1. The van der Waals surface area contributed by atoms with Crippen LogP contribution in [0.2, 0.25) is 0 Å². The van der Waals surface area contributed by atoms with E-state index in [2.05, 4.69) is 31.3 Å². The smallest absolute Gasteiger partial charge is 0.410 e. The van der Waals surface area contributed by atoms with Gasteiger partial charge in [-0.3, -0.25) is 0 Å². The Kier molecular flexibility index (Phi) is 5.92. The molecule has 0 aromatic carbocycles. The summed E-state index contributed by atoms with van der Waals surface area (Å²) in [5, 5.41) is 15.7. The molecule has 7 nitrogen and oxygen atoms in total. The molecule has 36 heavy (non-hydrogen) atoms. The van der Waals surface area contributed by atoms with Crippen LogP contribution in [0.1, 0.15) is 83.1 Å². The lowest BCUT2D eigenvalue weighted by Gasteiger charge is -2.63. The predicted octanol–water partition coefficient (Wildman–Crippen LogP) is 3.89. The maximum absolute atomic E-state index is 12.7. The van der Waals surface area contributed by atoms with Crippen molar-refractivity contribution in [3.8, 4) is 0 Å². The molecule has 6 rings (SSSR count). The molecular weight excluding hydrogens is 456 g/mol. The van der Waals surface area contributed by atoms with Crippen LogP contribution in [0, 0.1) is 40.7 Å². The molecule has 5 fully saturated rings. The summed E-state index contributed by atoms with van der Waals surface area (Å²) in [5.74, 6) is 1.43. The molecule has 2 heterocycles. The van der Waals surface area contributed by atoms with Crippen molar-refractivity contribution in [1.82, 2.24) is 10.2 Å². The van der Waals surface area contributed by atoms with E-state index in [0.29, 0.717) is 11.8 Å². The summed E-state index contributed by atoms with van der Waals surface area (Å²) >= 11 is 0. The van der Waals surface area contributed by atoms with Crippen LogP contribution in [-0.2, 0) is 4.74 Å². The Morgan fingerprint density at radius 1 is 1.08 bits per heavy atom. The first-order valence-corrected chi connectivity index (χ1v) is 14.1. The predicted molar refractivity (Wildman–Crippen MR) is 133 cm³/mol. The summed E-state index contributed by atoms with van der Waals surface area (Å²) in [6.45, 7) is 7.82. The van der Waals surface area contributed by atoms with E-state index in [0.717, 1.165) is 89.5 Å². The minimum atomic E-state index is -0.718. The van der Waals surface area contributed by atoms with Crippen LogP contribution in [0.5, 0.6) is 0 Å². The minimum absolute atomic E-state index is 0.00865. The highest BCUT2D eigenvalue weighted by Crippen LogP contribution is 2.70. The van der Waals surface area contributed by atoms with Gasteiger partial charge in [-0.25, -0.2) is 9.59 Å². The van der Waals surface area contributed by atoms with Gasteiger partial charge in [0, 0.05) is 49.1 Å². The Hall–Kier alpha value is -2.04. The Morgan fingerprint density at radius 2 is 1.89 bits per heavy atom. The van der Waals surface area contributed by atoms with Crippen molar-refractivity contribution in [2.45, 2.75) is 89.3 Å². The van der Waals surface area contributed by atoms with Crippen LogP contribution in [0.4, 0.5) is 4.79 Å². The zero-order valence-electron chi connectivity index (χ0n) is 21.7. The molecule has 1 aromatic rings. The number of amides is 1. The molecule has 4 saturated carbocycles. The Bertz CT molecular complexity index is 1030. The third kappa shape index (κ3) is 3.62. The molecule has 1 aliphatic heterocycles. The number of ether oxygens (including phenoxy) is 1. The van der Waals surface area contributed by atoms with E-state index in [9.17, 15) is 14.7 Å². The van der Waals surface area contributed by atoms with Gasteiger partial charge in [0.05, 0.1) is 5.60 Å². The van der Waals surface area contributed by atoms with E-state index in [1.165, 1.54) is 6.26 Å². The van der Waals surface area contributed by atoms with E-state index in [-0.39, 0.29) is 34.9 Å². The molecule has 1 amide bonds. The molecule has 0 spiro atoms. The summed E-state index contributed by atoms with van der Waals surface area (Å²) in [6.07, 6.45) is 10.2.